The van der Waals surface area contributed by atoms with Crippen LogP contribution >= 0.6 is 0 Å². The highest BCUT2D eigenvalue weighted by Crippen LogP contribution is 2.51. The SMILES string of the molecule is CCN(CC(=O)O)C1CCN(S(=O)(=O)CC23CCC(CC2)CC3)CC1. The summed E-state index contributed by atoms with van der Waals surface area (Å²) in [5, 5.41) is 9.02. The first-order chi connectivity index (χ1) is 11.8. The van der Waals surface area contributed by atoms with E-state index < -0.39 is 16.0 Å². The van der Waals surface area contributed by atoms with Crippen molar-refractivity contribution < 1.29 is 18.3 Å². The van der Waals surface area contributed by atoms with Gasteiger partial charge in [0.05, 0.1) is 12.3 Å². The molecule has 0 aromatic heterocycles. The minimum absolute atomic E-state index is 0.0309. The molecule has 1 heterocycles. The lowest BCUT2D eigenvalue weighted by Crippen LogP contribution is -2.50. The van der Waals surface area contributed by atoms with E-state index in [0.717, 1.165) is 38.0 Å². The number of hydrogen-bond acceptors (Lipinski definition) is 4. The van der Waals surface area contributed by atoms with Gasteiger partial charge in [0.2, 0.25) is 10.0 Å². The van der Waals surface area contributed by atoms with Crippen molar-refractivity contribution in [3.8, 4) is 0 Å². The molecule has 25 heavy (non-hydrogen) atoms. The van der Waals surface area contributed by atoms with Gasteiger partial charge in [0.25, 0.3) is 0 Å². The monoisotopic (exact) mass is 372 g/mol. The Morgan fingerprint density at radius 2 is 1.68 bits per heavy atom. The van der Waals surface area contributed by atoms with E-state index in [-0.39, 0.29) is 18.0 Å². The second-order valence-electron chi connectivity index (χ2n) is 8.33. The molecule has 0 radical (unpaired) electrons. The average Bonchev–Trinajstić information content (AvgIpc) is 2.60. The van der Waals surface area contributed by atoms with Gasteiger partial charge in [0.15, 0.2) is 0 Å². The smallest absolute Gasteiger partial charge is 0.317 e. The number of piperidine rings is 1. The molecule has 0 aromatic carbocycles. The summed E-state index contributed by atoms with van der Waals surface area (Å²) in [7, 11) is -3.21. The molecule has 7 heteroatoms. The molecule has 1 N–H and O–H groups in total. The number of carboxylic acids is 1. The van der Waals surface area contributed by atoms with Crippen LogP contribution in [0.3, 0.4) is 0 Å². The summed E-state index contributed by atoms with van der Waals surface area (Å²) in [5.41, 5.74) is 0.0309. The second kappa shape index (κ2) is 7.53. The number of aliphatic carboxylic acids is 1. The molecule has 0 unspecified atom stereocenters. The van der Waals surface area contributed by atoms with Crippen molar-refractivity contribution in [2.75, 3.05) is 31.9 Å². The number of sulfonamides is 1. The van der Waals surface area contributed by atoms with E-state index in [4.69, 9.17) is 5.11 Å². The molecule has 2 bridgehead atoms. The summed E-state index contributed by atoms with van der Waals surface area (Å²) in [6.07, 6.45) is 8.32. The maximum atomic E-state index is 13.0. The number of likely N-dealkylation sites (N-methyl/N-ethyl adjacent to an activating group) is 1. The Hall–Kier alpha value is -0.660. The first-order valence-electron chi connectivity index (χ1n) is 9.77. The summed E-state index contributed by atoms with van der Waals surface area (Å²) in [6, 6.07) is 0.177. The van der Waals surface area contributed by atoms with E-state index in [1.54, 1.807) is 4.31 Å². The summed E-state index contributed by atoms with van der Waals surface area (Å²) >= 11 is 0. The molecule has 4 fully saturated rings. The van der Waals surface area contributed by atoms with Crippen LogP contribution in [0.1, 0.15) is 58.3 Å². The van der Waals surface area contributed by atoms with Crippen LogP contribution in [0.5, 0.6) is 0 Å². The zero-order valence-corrected chi connectivity index (χ0v) is 16.1. The maximum Gasteiger partial charge on any atom is 0.317 e. The Labute approximate surface area is 151 Å². The van der Waals surface area contributed by atoms with Crippen LogP contribution in [0, 0.1) is 11.3 Å². The Balaban J connectivity index is 1.57. The number of hydrogen-bond donors (Lipinski definition) is 1. The zero-order valence-electron chi connectivity index (χ0n) is 15.3. The Morgan fingerprint density at radius 3 is 2.16 bits per heavy atom. The van der Waals surface area contributed by atoms with Crippen molar-refractivity contribution in [2.24, 2.45) is 11.3 Å². The highest BCUT2D eigenvalue weighted by atomic mass is 32.2. The standard InChI is InChI=1S/C18H32N2O4S/c1-2-19(13-17(21)22)16-6-11-20(12-7-16)25(23,24)14-18-8-3-15(4-9-18)5-10-18/h15-16H,2-14H2,1H3,(H,21,22). The summed E-state index contributed by atoms with van der Waals surface area (Å²) < 4.78 is 27.6. The number of carboxylic acid groups (broad SMARTS) is 1. The lowest BCUT2D eigenvalue weighted by atomic mass is 9.62. The van der Waals surface area contributed by atoms with Gasteiger partial charge in [-0.25, -0.2) is 12.7 Å². The van der Waals surface area contributed by atoms with Gasteiger partial charge >= 0.3 is 5.97 Å². The lowest BCUT2D eigenvalue weighted by molar-refractivity contribution is -0.139. The van der Waals surface area contributed by atoms with Crippen LogP contribution in [0.15, 0.2) is 0 Å². The molecule has 4 rings (SSSR count). The zero-order chi connectivity index (χ0) is 18.1. The Kier molecular flexibility index (Phi) is 5.75. The largest absolute Gasteiger partial charge is 0.480 e. The normalized spacial score (nSPS) is 31.5. The number of carbonyl (C=O) groups is 1. The van der Waals surface area contributed by atoms with Gasteiger partial charge in [-0.15, -0.1) is 0 Å². The Morgan fingerprint density at radius 1 is 1.12 bits per heavy atom. The molecule has 1 aliphatic heterocycles. The molecule has 0 spiro atoms. The van der Waals surface area contributed by atoms with Crippen molar-refractivity contribution in [1.82, 2.24) is 9.21 Å². The van der Waals surface area contributed by atoms with E-state index in [9.17, 15) is 13.2 Å². The molecule has 0 atom stereocenters. The molecule has 144 valence electrons. The van der Waals surface area contributed by atoms with Gasteiger partial charge in [0.1, 0.15) is 0 Å². The third-order valence-corrected chi connectivity index (χ3v) is 8.94. The fraction of sp³-hybridized carbons (Fsp3) is 0.944. The molecular weight excluding hydrogens is 340 g/mol. The molecule has 1 saturated heterocycles. The molecular formula is C18H32N2O4S. The second-order valence-corrected chi connectivity index (χ2v) is 10.3. The molecule has 0 aromatic rings. The Bertz CT molecular complexity index is 562. The number of nitrogens with zero attached hydrogens (tertiary/aromatic N) is 2. The minimum atomic E-state index is -3.21. The van der Waals surface area contributed by atoms with Crippen LogP contribution in [0.4, 0.5) is 0 Å². The minimum Gasteiger partial charge on any atom is -0.480 e. The van der Waals surface area contributed by atoms with Gasteiger partial charge in [-0.1, -0.05) is 6.92 Å². The van der Waals surface area contributed by atoms with E-state index >= 15 is 0 Å². The van der Waals surface area contributed by atoms with Crippen molar-refractivity contribution >= 4 is 16.0 Å². The van der Waals surface area contributed by atoms with E-state index in [2.05, 4.69) is 0 Å². The van der Waals surface area contributed by atoms with Crippen LogP contribution in [-0.2, 0) is 14.8 Å². The molecule has 6 nitrogen and oxygen atoms in total. The quantitative estimate of drug-likeness (QED) is 0.741. The molecule has 3 saturated carbocycles. The topological polar surface area (TPSA) is 77.9 Å². The van der Waals surface area contributed by atoms with E-state index in [1.807, 2.05) is 11.8 Å². The predicted octanol–water partition coefficient (Wildman–Crippen LogP) is 2.16. The van der Waals surface area contributed by atoms with Crippen LogP contribution in [-0.4, -0.2) is 66.7 Å². The van der Waals surface area contributed by atoms with Gasteiger partial charge in [-0.2, -0.15) is 0 Å². The maximum absolute atomic E-state index is 13.0. The number of fused-ring (bicyclic) bond motifs is 3. The lowest BCUT2D eigenvalue weighted by Gasteiger charge is -2.47. The third-order valence-electron chi connectivity index (χ3n) is 6.82. The van der Waals surface area contributed by atoms with Gasteiger partial charge in [-0.05, 0) is 69.2 Å². The van der Waals surface area contributed by atoms with Crippen LogP contribution in [0.2, 0.25) is 0 Å². The van der Waals surface area contributed by atoms with Crippen molar-refractivity contribution in [2.45, 2.75) is 64.3 Å². The molecule has 0 amide bonds. The van der Waals surface area contributed by atoms with Crippen molar-refractivity contribution in [3.05, 3.63) is 0 Å². The fourth-order valence-electron chi connectivity index (χ4n) is 5.19. The van der Waals surface area contributed by atoms with Crippen LogP contribution < -0.4 is 0 Å². The molecule has 4 aliphatic rings. The van der Waals surface area contributed by atoms with Crippen molar-refractivity contribution in [3.63, 3.8) is 0 Å². The highest BCUT2D eigenvalue weighted by molar-refractivity contribution is 7.89. The number of rotatable bonds is 7. The molecule has 3 aliphatic carbocycles. The first-order valence-corrected chi connectivity index (χ1v) is 11.4. The first kappa shape index (κ1) is 19.1. The van der Waals surface area contributed by atoms with Gasteiger partial charge in [0, 0.05) is 19.1 Å². The van der Waals surface area contributed by atoms with Crippen LogP contribution in [0.25, 0.3) is 0 Å². The average molecular weight is 373 g/mol. The summed E-state index contributed by atoms with van der Waals surface area (Å²) in [6.45, 7) is 3.75. The van der Waals surface area contributed by atoms with Crippen molar-refractivity contribution in [1.29, 1.82) is 0 Å². The summed E-state index contributed by atoms with van der Waals surface area (Å²) in [5.74, 6) is 0.350. The van der Waals surface area contributed by atoms with E-state index in [1.165, 1.54) is 19.3 Å². The predicted molar refractivity (Wildman–Crippen MR) is 96.9 cm³/mol. The highest BCUT2D eigenvalue weighted by Gasteiger charge is 2.44. The van der Waals surface area contributed by atoms with Gasteiger partial charge < -0.3 is 5.11 Å². The third kappa shape index (κ3) is 4.37. The van der Waals surface area contributed by atoms with Gasteiger partial charge in [-0.3, -0.25) is 9.69 Å². The summed E-state index contributed by atoms with van der Waals surface area (Å²) in [4.78, 5) is 12.9. The fourth-order valence-corrected chi connectivity index (χ4v) is 7.35. The van der Waals surface area contributed by atoms with E-state index in [0.29, 0.717) is 25.4 Å².